The molecule has 0 saturated heterocycles. The van der Waals surface area contributed by atoms with Crippen LogP contribution in [0.1, 0.15) is 47.1 Å². The Morgan fingerprint density at radius 3 is 1.90 bits per heavy atom. The highest BCUT2D eigenvalue weighted by molar-refractivity contribution is 6.81. The van der Waals surface area contributed by atoms with E-state index in [-0.39, 0.29) is 16.1 Å². The Labute approximate surface area is 129 Å². The maximum Gasteiger partial charge on any atom is 0.302 e. The molecule has 0 aliphatic rings. The molecule has 0 bridgehead atoms. The number of aliphatic carboxylic acids is 1. The molecule has 0 unspecified atom stereocenters. The van der Waals surface area contributed by atoms with E-state index < -0.39 is 14.3 Å². The fourth-order valence-corrected chi connectivity index (χ4v) is 8.25. The first-order chi connectivity index (χ1) is 9.49. The van der Waals surface area contributed by atoms with Crippen LogP contribution in [0, 0.1) is 0 Å². The zero-order valence-corrected chi connectivity index (χ0v) is 15.1. The lowest BCUT2D eigenvalue weighted by molar-refractivity contribution is -0.134. The van der Waals surface area contributed by atoms with Crippen molar-refractivity contribution < 1.29 is 14.3 Å². The molecule has 0 aliphatic carbocycles. The monoisotopic (exact) mass is 308 g/mol. The van der Waals surface area contributed by atoms with Crippen molar-refractivity contribution in [1.29, 1.82) is 0 Å². The maximum atomic E-state index is 11.5. The molecule has 21 heavy (non-hydrogen) atoms. The summed E-state index contributed by atoms with van der Waals surface area (Å²) in [5.41, 5.74) is 1.09. The van der Waals surface area contributed by atoms with Crippen LogP contribution in [0.2, 0.25) is 16.1 Å². The quantitative estimate of drug-likeness (QED) is 0.792. The van der Waals surface area contributed by atoms with Crippen molar-refractivity contribution in [3.63, 3.8) is 0 Å². The lowest BCUT2D eigenvalue weighted by Crippen LogP contribution is -2.55. The molecule has 1 rings (SSSR count). The molecule has 1 aromatic rings. The molecule has 118 valence electrons. The Balaban J connectivity index is 3.14. The molecule has 3 nitrogen and oxygen atoms in total. The minimum Gasteiger partial charge on any atom is -0.481 e. The van der Waals surface area contributed by atoms with Gasteiger partial charge in [-0.05, 0) is 15.6 Å². The van der Waals surface area contributed by atoms with E-state index in [1.807, 2.05) is 30.3 Å². The van der Waals surface area contributed by atoms with Gasteiger partial charge in [-0.15, -0.1) is 0 Å². The van der Waals surface area contributed by atoms with Crippen molar-refractivity contribution in [3.05, 3.63) is 35.9 Å². The van der Waals surface area contributed by atoms with E-state index in [0.717, 1.165) is 5.56 Å². The second kappa shape index (κ2) is 6.32. The van der Waals surface area contributed by atoms with Crippen molar-refractivity contribution in [2.75, 3.05) is 0 Å². The summed E-state index contributed by atoms with van der Waals surface area (Å²) in [5, 5.41) is 9.12. The van der Waals surface area contributed by atoms with E-state index in [4.69, 9.17) is 4.43 Å². The number of carbonyl (C=O) groups is 1. The predicted molar refractivity (Wildman–Crippen MR) is 88.9 cm³/mol. The summed E-state index contributed by atoms with van der Waals surface area (Å²) >= 11 is 0. The van der Waals surface area contributed by atoms with Crippen LogP contribution < -0.4 is 0 Å². The Kier molecular flexibility index (Phi) is 5.39. The fourth-order valence-electron chi connectivity index (χ4n) is 3.13. The van der Waals surface area contributed by atoms with Gasteiger partial charge in [-0.3, -0.25) is 4.79 Å². The Morgan fingerprint density at radius 1 is 1.05 bits per heavy atom. The molecule has 4 heteroatoms. The summed E-state index contributed by atoms with van der Waals surface area (Å²) in [6.07, 6.45) is 0. The Bertz CT molecular complexity index is 455. The molecule has 0 fully saturated rings. The van der Waals surface area contributed by atoms with Gasteiger partial charge in [0, 0.05) is 0 Å². The summed E-state index contributed by atoms with van der Waals surface area (Å²) in [5.74, 6) is -0.764. The molecular formula is C17H28O3Si. The predicted octanol–water partition coefficient (Wildman–Crippen LogP) is 4.83. The Morgan fingerprint density at radius 2 is 1.52 bits per heavy atom. The summed E-state index contributed by atoms with van der Waals surface area (Å²) in [7, 11) is -2.54. The average Bonchev–Trinajstić information content (AvgIpc) is 2.32. The lowest BCUT2D eigenvalue weighted by Gasteiger charge is -2.50. The maximum absolute atomic E-state index is 11.5. The average molecular weight is 308 g/mol. The first-order valence-electron chi connectivity index (χ1n) is 7.39. The highest BCUT2D eigenvalue weighted by Gasteiger charge is 2.56. The third-order valence-corrected chi connectivity index (χ3v) is 10.4. The smallest absolute Gasteiger partial charge is 0.302 e. The fraction of sp³-hybridized carbons (Fsp3) is 0.588. The first kappa shape index (κ1) is 17.9. The SMILES string of the molecule is CC(C)(C)[Si](CC(=O)O)(OCc1ccccc1)C(C)(C)C. The molecule has 0 atom stereocenters. The summed E-state index contributed by atoms with van der Waals surface area (Å²) < 4.78 is 6.41. The van der Waals surface area contributed by atoms with Crippen molar-refractivity contribution >= 4 is 14.3 Å². The second-order valence-corrected chi connectivity index (χ2v) is 13.0. The molecule has 0 amide bonds. The van der Waals surface area contributed by atoms with E-state index in [1.165, 1.54) is 0 Å². The van der Waals surface area contributed by atoms with Crippen LogP contribution >= 0.6 is 0 Å². The number of carboxylic acid groups (broad SMARTS) is 1. The van der Waals surface area contributed by atoms with Gasteiger partial charge in [0.1, 0.15) is 0 Å². The third-order valence-electron chi connectivity index (χ3n) is 4.15. The van der Waals surface area contributed by atoms with Crippen LogP contribution in [0.4, 0.5) is 0 Å². The summed E-state index contributed by atoms with van der Waals surface area (Å²) in [6.45, 7) is 13.1. The molecule has 0 aromatic heterocycles. The summed E-state index contributed by atoms with van der Waals surface area (Å²) in [4.78, 5) is 11.5. The van der Waals surface area contributed by atoms with Crippen molar-refractivity contribution in [3.8, 4) is 0 Å². The number of carboxylic acids is 1. The zero-order valence-electron chi connectivity index (χ0n) is 14.1. The largest absolute Gasteiger partial charge is 0.481 e. The van der Waals surface area contributed by atoms with Gasteiger partial charge in [0.25, 0.3) is 0 Å². The van der Waals surface area contributed by atoms with Crippen LogP contribution in [-0.2, 0) is 15.8 Å². The molecule has 0 radical (unpaired) electrons. The van der Waals surface area contributed by atoms with Gasteiger partial charge in [0.15, 0.2) is 0 Å². The van der Waals surface area contributed by atoms with E-state index >= 15 is 0 Å². The lowest BCUT2D eigenvalue weighted by atomic mass is 10.2. The van der Waals surface area contributed by atoms with Crippen molar-refractivity contribution in [2.45, 2.75) is 64.3 Å². The second-order valence-electron chi connectivity index (χ2n) is 7.67. The van der Waals surface area contributed by atoms with E-state index in [9.17, 15) is 9.90 Å². The van der Waals surface area contributed by atoms with E-state index in [0.29, 0.717) is 6.61 Å². The Hall–Kier alpha value is -1.13. The number of hydrogen-bond acceptors (Lipinski definition) is 2. The molecule has 0 spiro atoms. The number of hydrogen-bond donors (Lipinski definition) is 1. The van der Waals surface area contributed by atoms with Crippen LogP contribution in [-0.4, -0.2) is 19.4 Å². The van der Waals surface area contributed by atoms with E-state index in [2.05, 4.69) is 41.5 Å². The first-order valence-corrected chi connectivity index (χ1v) is 9.51. The minimum atomic E-state index is -2.54. The molecule has 1 N–H and O–H groups in total. The van der Waals surface area contributed by atoms with Crippen LogP contribution in [0.25, 0.3) is 0 Å². The standard InChI is InChI=1S/C17H28O3Si/c1-16(2,3)21(13-15(18)19,17(4,5)6)20-12-14-10-8-7-9-11-14/h7-11H,12-13H2,1-6H3,(H,18,19). The minimum absolute atomic E-state index is 0.132. The molecule has 1 aromatic carbocycles. The van der Waals surface area contributed by atoms with Gasteiger partial charge < -0.3 is 9.53 Å². The molecule has 0 heterocycles. The van der Waals surface area contributed by atoms with Gasteiger partial charge in [-0.2, -0.15) is 0 Å². The van der Waals surface area contributed by atoms with Gasteiger partial charge in [-0.25, -0.2) is 0 Å². The van der Waals surface area contributed by atoms with Gasteiger partial charge >= 0.3 is 5.97 Å². The highest BCUT2D eigenvalue weighted by Crippen LogP contribution is 2.54. The van der Waals surface area contributed by atoms with Crippen LogP contribution in [0.15, 0.2) is 30.3 Å². The highest BCUT2D eigenvalue weighted by atomic mass is 28.4. The van der Waals surface area contributed by atoms with Crippen LogP contribution in [0.5, 0.6) is 0 Å². The summed E-state index contributed by atoms with van der Waals surface area (Å²) in [6, 6.07) is 10.1. The van der Waals surface area contributed by atoms with Gasteiger partial charge in [0.2, 0.25) is 8.32 Å². The molecule has 0 aliphatic heterocycles. The zero-order chi connectivity index (χ0) is 16.3. The number of rotatable bonds is 5. The van der Waals surface area contributed by atoms with Crippen molar-refractivity contribution in [2.24, 2.45) is 0 Å². The van der Waals surface area contributed by atoms with Gasteiger partial charge in [-0.1, -0.05) is 71.9 Å². The topological polar surface area (TPSA) is 46.5 Å². The number of benzene rings is 1. The normalized spacial score (nSPS) is 13.2. The van der Waals surface area contributed by atoms with E-state index in [1.54, 1.807) is 0 Å². The van der Waals surface area contributed by atoms with Crippen molar-refractivity contribution in [1.82, 2.24) is 0 Å². The van der Waals surface area contributed by atoms with Gasteiger partial charge in [0.05, 0.1) is 12.7 Å². The van der Waals surface area contributed by atoms with Crippen LogP contribution in [0.3, 0.4) is 0 Å². The molecule has 0 saturated carbocycles. The third kappa shape index (κ3) is 4.17. The molecular weight excluding hydrogens is 280 g/mol.